The third kappa shape index (κ3) is 5.71. The van der Waals surface area contributed by atoms with Crippen LogP contribution in [0.4, 0.5) is 0 Å². The lowest BCUT2D eigenvalue weighted by Gasteiger charge is -2.31. The van der Waals surface area contributed by atoms with Crippen LogP contribution in [0.5, 0.6) is 0 Å². The van der Waals surface area contributed by atoms with Crippen molar-refractivity contribution in [1.29, 1.82) is 0 Å². The highest BCUT2D eigenvalue weighted by molar-refractivity contribution is 5.91. The Kier molecular flexibility index (Phi) is 7.32. The summed E-state index contributed by atoms with van der Waals surface area (Å²) >= 11 is 0. The van der Waals surface area contributed by atoms with Crippen molar-refractivity contribution in [2.45, 2.75) is 72.0 Å². The molecule has 1 saturated carbocycles. The monoisotopic (exact) mass is 383 g/mol. The van der Waals surface area contributed by atoms with Crippen molar-refractivity contribution in [3.8, 4) is 0 Å². The highest BCUT2D eigenvalue weighted by Crippen LogP contribution is 2.17. The van der Waals surface area contributed by atoms with Gasteiger partial charge in [-0.2, -0.15) is 0 Å². The average Bonchev–Trinajstić information content (AvgIpc) is 3.16. The van der Waals surface area contributed by atoms with Crippen molar-refractivity contribution in [2.24, 2.45) is 5.92 Å². The van der Waals surface area contributed by atoms with Crippen molar-refractivity contribution in [3.05, 3.63) is 59.0 Å². The lowest BCUT2D eigenvalue weighted by Crippen LogP contribution is -3.13. The minimum absolute atomic E-state index is 0.113. The van der Waals surface area contributed by atoms with Crippen LogP contribution >= 0.6 is 0 Å². The number of quaternary nitrogens is 1. The molecule has 2 aromatic rings. The Morgan fingerprint density at radius 2 is 1.86 bits per heavy atom. The maximum Gasteiger partial charge on any atom is 0.287 e. The van der Waals surface area contributed by atoms with Gasteiger partial charge in [0.25, 0.3) is 5.91 Å². The highest BCUT2D eigenvalue weighted by atomic mass is 16.4. The Bertz CT molecular complexity index is 759. The third-order valence-electron chi connectivity index (χ3n) is 5.82. The van der Waals surface area contributed by atoms with Gasteiger partial charge >= 0.3 is 0 Å². The number of carbonyl (C=O) groups excluding carboxylic acids is 1. The summed E-state index contributed by atoms with van der Waals surface area (Å²) in [5.41, 5.74) is 2.76. The fraction of sp³-hybridized carbons (Fsp3) is 0.542. The van der Waals surface area contributed by atoms with E-state index in [9.17, 15) is 4.79 Å². The van der Waals surface area contributed by atoms with Crippen molar-refractivity contribution in [1.82, 2.24) is 5.32 Å². The summed E-state index contributed by atoms with van der Waals surface area (Å²) in [7, 11) is 0. The molecule has 1 aromatic heterocycles. The molecule has 0 bridgehead atoms. The molecule has 0 radical (unpaired) electrons. The molecule has 1 aliphatic carbocycles. The van der Waals surface area contributed by atoms with Gasteiger partial charge in [-0.3, -0.25) is 4.79 Å². The van der Waals surface area contributed by atoms with Crippen molar-refractivity contribution >= 4 is 5.91 Å². The van der Waals surface area contributed by atoms with E-state index in [-0.39, 0.29) is 5.91 Å². The Balaban J connectivity index is 1.70. The summed E-state index contributed by atoms with van der Waals surface area (Å²) in [4.78, 5) is 13.8. The normalized spacial score (nSPS) is 16.3. The first-order chi connectivity index (χ1) is 13.5. The first kappa shape index (κ1) is 20.7. The zero-order valence-electron chi connectivity index (χ0n) is 17.6. The first-order valence-electron chi connectivity index (χ1n) is 10.8. The minimum Gasteiger partial charge on any atom is -0.450 e. The number of hydrogen-bond acceptors (Lipinski definition) is 2. The SMILES string of the molecule is Cc1ccccc1C[NH+](Cc1ccc(C(=O)NCC(C)C)o1)C1CCCCC1. The quantitative estimate of drug-likeness (QED) is 0.726. The van der Waals surface area contributed by atoms with Crippen LogP contribution in [0, 0.1) is 12.8 Å². The number of nitrogens with one attached hydrogen (secondary N) is 2. The number of amides is 1. The molecule has 1 amide bonds. The number of furan rings is 1. The molecule has 152 valence electrons. The summed E-state index contributed by atoms with van der Waals surface area (Å²) in [5, 5.41) is 2.94. The van der Waals surface area contributed by atoms with E-state index in [0.717, 1.165) is 18.8 Å². The molecule has 1 fully saturated rings. The van der Waals surface area contributed by atoms with Crippen LogP contribution in [0.1, 0.15) is 73.4 Å². The smallest absolute Gasteiger partial charge is 0.287 e. The molecule has 4 heteroatoms. The predicted molar refractivity (Wildman–Crippen MR) is 112 cm³/mol. The van der Waals surface area contributed by atoms with E-state index in [1.807, 2.05) is 12.1 Å². The second-order valence-corrected chi connectivity index (χ2v) is 8.64. The largest absolute Gasteiger partial charge is 0.450 e. The van der Waals surface area contributed by atoms with Gasteiger partial charge in [0.1, 0.15) is 13.1 Å². The van der Waals surface area contributed by atoms with Gasteiger partial charge in [0.15, 0.2) is 11.5 Å². The summed E-state index contributed by atoms with van der Waals surface area (Å²) in [6, 6.07) is 13.1. The Labute approximate surface area is 169 Å². The van der Waals surface area contributed by atoms with Crippen molar-refractivity contribution in [3.63, 3.8) is 0 Å². The molecule has 1 atom stereocenters. The van der Waals surface area contributed by atoms with Gasteiger partial charge in [-0.05, 0) is 56.2 Å². The van der Waals surface area contributed by atoms with E-state index in [2.05, 4.69) is 50.4 Å². The van der Waals surface area contributed by atoms with E-state index in [1.54, 1.807) is 4.90 Å². The molecule has 1 unspecified atom stereocenters. The molecular formula is C24H35N2O2+. The molecule has 1 heterocycles. The number of hydrogen-bond donors (Lipinski definition) is 2. The van der Waals surface area contributed by atoms with E-state index in [1.165, 1.54) is 43.2 Å². The fourth-order valence-corrected chi connectivity index (χ4v) is 4.12. The molecule has 28 heavy (non-hydrogen) atoms. The molecule has 0 spiro atoms. The summed E-state index contributed by atoms with van der Waals surface area (Å²) in [5.74, 6) is 1.65. The number of carbonyl (C=O) groups is 1. The Hall–Kier alpha value is -2.07. The minimum atomic E-state index is -0.113. The molecule has 4 nitrogen and oxygen atoms in total. The fourth-order valence-electron chi connectivity index (χ4n) is 4.12. The van der Waals surface area contributed by atoms with Gasteiger partial charge in [0.05, 0.1) is 6.04 Å². The maximum atomic E-state index is 12.3. The molecular weight excluding hydrogens is 348 g/mol. The van der Waals surface area contributed by atoms with Crippen LogP contribution in [0.2, 0.25) is 0 Å². The number of rotatable bonds is 8. The molecule has 1 aliphatic rings. The zero-order valence-corrected chi connectivity index (χ0v) is 17.6. The zero-order chi connectivity index (χ0) is 19.9. The second-order valence-electron chi connectivity index (χ2n) is 8.64. The Morgan fingerprint density at radius 1 is 1.11 bits per heavy atom. The van der Waals surface area contributed by atoms with E-state index < -0.39 is 0 Å². The standard InChI is InChI=1S/C24H34N2O2/c1-18(2)15-25-24(27)23-14-13-22(28-23)17-26(21-11-5-4-6-12-21)16-20-10-8-7-9-19(20)3/h7-10,13-14,18,21H,4-6,11-12,15-17H2,1-3H3,(H,25,27)/p+1. The van der Waals surface area contributed by atoms with Crippen LogP contribution in [0.15, 0.2) is 40.8 Å². The van der Waals surface area contributed by atoms with Crippen LogP contribution in [-0.2, 0) is 13.1 Å². The van der Waals surface area contributed by atoms with E-state index in [0.29, 0.717) is 24.3 Å². The molecule has 0 aliphatic heterocycles. The van der Waals surface area contributed by atoms with Crippen LogP contribution < -0.4 is 10.2 Å². The van der Waals surface area contributed by atoms with Gasteiger partial charge < -0.3 is 14.6 Å². The van der Waals surface area contributed by atoms with E-state index in [4.69, 9.17) is 4.42 Å². The van der Waals surface area contributed by atoms with Gasteiger partial charge in [0.2, 0.25) is 0 Å². The van der Waals surface area contributed by atoms with Gasteiger partial charge in [-0.1, -0.05) is 44.5 Å². The topological polar surface area (TPSA) is 46.7 Å². The van der Waals surface area contributed by atoms with Gasteiger partial charge in [-0.25, -0.2) is 0 Å². The van der Waals surface area contributed by atoms with Crippen LogP contribution in [-0.4, -0.2) is 18.5 Å². The van der Waals surface area contributed by atoms with Crippen molar-refractivity contribution < 1.29 is 14.1 Å². The average molecular weight is 384 g/mol. The second kappa shape index (κ2) is 9.92. The van der Waals surface area contributed by atoms with Gasteiger partial charge in [0, 0.05) is 12.1 Å². The van der Waals surface area contributed by atoms with Crippen molar-refractivity contribution in [2.75, 3.05) is 6.54 Å². The summed E-state index contributed by atoms with van der Waals surface area (Å²) in [6.07, 6.45) is 6.56. The Morgan fingerprint density at radius 3 is 2.57 bits per heavy atom. The molecule has 0 saturated heterocycles. The number of aryl methyl sites for hydroxylation is 1. The molecule has 3 rings (SSSR count). The lowest BCUT2D eigenvalue weighted by molar-refractivity contribution is -0.954. The summed E-state index contributed by atoms with van der Waals surface area (Å²) < 4.78 is 5.93. The van der Waals surface area contributed by atoms with Crippen LogP contribution in [0.3, 0.4) is 0 Å². The molecule has 2 N–H and O–H groups in total. The first-order valence-corrected chi connectivity index (χ1v) is 10.8. The predicted octanol–water partition coefficient (Wildman–Crippen LogP) is 3.89. The van der Waals surface area contributed by atoms with E-state index >= 15 is 0 Å². The van der Waals surface area contributed by atoms with Gasteiger partial charge in [-0.15, -0.1) is 0 Å². The molecule has 1 aromatic carbocycles. The maximum absolute atomic E-state index is 12.3. The third-order valence-corrected chi connectivity index (χ3v) is 5.82. The van der Waals surface area contributed by atoms with Crippen LogP contribution in [0.25, 0.3) is 0 Å². The highest BCUT2D eigenvalue weighted by Gasteiger charge is 2.26. The number of benzene rings is 1. The summed E-state index contributed by atoms with van der Waals surface area (Å²) in [6.45, 7) is 8.87. The lowest BCUT2D eigenvalue weighted by atomic mass is 9.93.